The number of aromatic nitrogens is 2. The van der Waals surface area contributed by atoms with Crippen molar-refractivity contribution >= 4 is 17.4 Å². The summed E-state index contributed by atoms with van der Waals surface area (Å²) in [6.07, 6.45) is 0. The maximum Gasteiger partial charge on any atom is 0.247 e. The maximum absolute atomic E-state index is 12.0. The van der Waals surface area contributed by atoms with Gasteiger partial charge in [0, 0.05) is 8.47 Å². The number of rotatable bonds is 1. The van der Waals surface area contributed by atoms with Crippen molar-refractivity contribution in [3.63, 3.8) is 0 Å². The average Bonchev–Trinajstić information content (AvgIpc) is 2.19. The Morgan fingerprint density at radius 2 is 2.00 bits per heavy atom. The topological polar surface area (TPSA) is 58.1 Å². The van der Waals surface area contributed by atoms with Crippen LogP contribution in [-0.4, -0.2) is 29.0 Å². The number of anilines is 2. The molecule has 2 rings (SSSR count). The van der Waals surface area contributed by atoms with Crippen LogP contribution in [0.5, 0.6) is 0 Å². The van der Waals surface area contributed by atoms with Gasteiger partial charge < -0.3 is 10.2 Å². The van der Waals surface area contributed by atoms with Crippen molar-refractivity contribution in [2.24, 2.45) is 5.92 Å². The van der Waals surface area contributed by atoms with Gasteiger partial charge in [-0.2, -0.15) is 0 Å². The van der Waals surface area contributed by atoms with E-state index in [1.54, 1.807) is 0 Å². The Bertz CT molecular complexity index is 475. The molecule has 17 heavy (non-hydrogen) atoms. The van der Waals surface area contributed by atoms with E-state index in [2.05, 4.69) is 15.3 Å². The Hall–Kier alpha value is -1.65. The quantitative estimate of drug-likeness (QED) is 0.807. The standard InChI is InChI=1S/C12H18N4O.H2/c1-6(2)10-12(17)15-9-7(3)13-8(4)14-11(9)16(10)5;/h6,10H,1-5H3,(H,15,17);1H/t10-;/m0./s1. The predicted molar refractivity (Wildman–Crippen MR) is 69.3 cm³/mol. The molecular weight excluding hydrogens is 216 g/mol. The maximum atomic E-state index is 12.0. The van der Waals surface area contributed by atoms with Gasteiger partial charge in [0.05, 0.1) is 5.69 Å². The highest BCUT2D eigenvalue weighted by molar-refractivity contribution is 6.03. The minimum absolute atomic E-state index is 0. The van der Waals surface area contributed by atoms with Crippen LogP contribution in [0.15, 0.2) is 0 Å². The molecule has 0 bridgehead atoms. The molecule has 0 aliphatic carbocycles. The van der Waals surface area contributed by atoms with E-state index in [1.807, 2.05) is 39.6 Å². The number of carbonyl (C=O) groups excluding carboxylic acids is 1. The number of likely N-dealkylation sites (N-methyl/N-ethyl adjacent to an activating group) is 1. The van der Waals surface area contributed by atoms with E-state index in [0.717, 1.165) is 23.0 Å². The third kappa shape index (κ3) is 1.85. The van der Waals surface area contributed by atoms with Gasteiger partial charge in [-0.05, 0) is 19.8 Å². The fourth-order valence-corrected chi connectivity index (χ4v) is 2.35. The molecule has 94 valence electrons. The van der Waals surface area contributed by atoms with Crippen LogP contribution < -0.4 is 10.2 Å². The van der Waals surface area contributed by atoms with Gasteiger partial charge in [0.1, 0.15) is 17.6 Å². The lowest BCUT2D eigenvalue weighted by Crippen LogP contribution is -2.49. The average molecular weight is 236 g/mol. The van der Waals surface area contributed by atoms with Gasteiger partial charge in [-0.15, -0.1) is 0 Å². The number of amides is 1. The van der Waals surface area contributed by atoms with Crippen molar-refractivity contribution < 1.29 is 6.22 Å². The summed E-state index contributed by atoms with van der Waals surface area (Å²) in [5.41, 5.74) is 1.55. The molecule has 1 atom stereocenters. The third-order valence-corrected chi connectivity index (χ3v) is 3.08. The van der Waals surface area contributed by atoms with Crippen LogP contribution in [0.3, 0.4) is 0 Å². The first-order valence-electron chi connectivity index (χ1n) is 5.80. The summed E-state index contributed by atoms with van der Waals surface area (Å²) < 4.78 is 0. The highest BCUT2D eigenvalue weighted by Gasteiger charge is 2.34. The fraction of sp³-hybridized carbons (Fsp3) is 0.583. The third-order valence-electron chi connectivity index (χ3n) is 3.08. The van der Waals surface area contributed by atoms with E-state index in [4.69, 9.17) is 0 Å². The molecule has 1 aromatic heterocycles. The van der Waals surface area contributed by atoms with Gasteiger partial charge >= 0.3 is 0 Å². The zero-order valence-corrected chi connectivity index (χ0v) is 10.9. The minimum Gasteiger partial charge on any atom is -0.346 e. The number of hydrogen-bond acceptors (Lipinski definition) is 4. The van der Waals surface area contributed by atoms with Gasteiger partial charge in [-0.25, -0.2) is 9.97 Å². The second kappa shape index (κ2) is 3.98. The monoisotopic (exact) mass is 236 g/mol. The van der Waals surface area contributed by atoms with E-state index >= 15 is 0 Å². The number of nitrogens with one attached hydrogen (secondary N) is 1. The summed E-state index contributed by atoms with van der Waals surface area (Å²) in [5, 5.41) is 2.91. The summed E-state index contributed by atoms with van der Waals surface area (Å²) >= 11 is 0. The van der Waals surface area contributed by atoms with Crippen LogP contribution >= 0.6 is 0 Å². The van der Waals surface area contributed by atoms with Crippen molar-refractivity contribution in [3.8, 4) is 0 Å². The second-order valence-corrected chi connectivity index (χ2v) is 4.84. The van der Waals surface area contributed by atoms with Gasteiger partial charge in [-0.3, -0.25) is 4.79 Å². The molecule has 1 N–H and O–H groups in total. The van der Waals surface area contributed by atoms with E-state index in [-0.39, 0.29) is 19.3 Å². The Morgan fingerprint density at radius 3 is 2.59 bits per heavy atom. The summed E-state index contributed by atoms with van der Waals surface area (Å²) in [4.78, 5) is 22.7. The van der Waals surface area contributed by atoms with E-state index < -0.39 is 0 Å². The normalized spacial score (nSPS) is 19.3. The van der Waals surface area contributed by atoms with E-state index in [9.17, 15) is 4.79 Å². The SMILES string of the molecule is Cc1nc(C)c2c(n1)N(C)[C@@H](C(C)C)C(=O)N2.[HH]. The number of hydrogen-bond donors (Lipinski definition) is 1. The second-order valence-electron chi connectivity index (χ2n) is 4.84. The molecule has 1 aromatic rings. The lowest BCUT2D eigenvalue weighted by molar-refractivity contribution is -0.118. The Kier molecular flexibility index (Phi) is 2.77. The molecule has 5 nitrogen and oxygen atoms in total. The zero-order valence-electron chi connectivity index (χ0n) is 10.9. The first kappa shape index (κ1) is 11.8. The molecule has 1 aliphatic rings. The lowest BCUT2D eigenvalue weighted by Gasteiger charge is -2.36. The number of fused-ring (bicyclic) bond motifs is 1. The molecule has 5 heteroatoms. The van der Waals surface area contributed by atoms with Crippen LogP contribution in [-0.2, 0) is 4.79 Å². The largest absolute Gasteiger partial charge is 0.346 e. The molecule has 0 saturated heterocycles. The molecule has 0 radical (unpaired) electrons. The van der Waals surface area contributed by atoms with Gasteiger partial charge in [0.15, 0.2) is 5.82 Å². The van der Waals surface area contributed by atoms with E-state index in [1.165, 1.54) is 0 Å². The summed E-state index contributed by atoms with van der Waals surface area (Å²) in [6.45, 7) is 7.82. The first-order chi connectivity index (χ1) is 7.91. The van der Waals surface area contributed by atoms with Crippen molar-refractivity contribution in [1.82, 2.24) is 9.97 Å². The molecule has 0 saturated carbocycles. The van der Waals surface area contributed by atoms with Crippen molar-refractivity contribution in [2.45, 2.75) is 33.7 Å². The summed E-state index contributed by atoms with van der Waals surface area (Å²) in [6, 6.07) is -0.170. The Morgan fingerprint density at radius 1 is 1.35 bits per heavy atom. The van der Waals surface area contributed by atoms with Crippen LogP contribution in [0, 0.1) is 19.8 Å². The first-order valence-corrected chi connectivity index (χ1v) is 5.80. The molecule has 0 fully saturated rings. The van der Waals surface area contributed by atoms with Gasteiger partial charge in [-0.1, -0.05) is 13.8 Å². The molecular formula is C12H20N4O. The van der Waals surface area contributed by atoms with Crippen molar-refractivity contribution in [3.05, 3.63) is 11.5 Å². The van der Waals surface area contributed by atoms with Crippen molar-refractivity contribution in [1.29, 1.82) is 0 Å². The molecule has 1 aliphatic heterocycles. The number of aryl methyl sites for hydroxylation is 2. The minimum atomic E-state index is -0.170. The van der Waals surface area contributed by atoms with Crippen LogP contribution in [0.4, 0.5) is 11.5 Å². The highest BCUT2D eigenvalue weighted by Crippen LogP contribution is 2.32. The van der Waals surface area contributed by atoms with Gasteiger partial charge in [0.25, 0.3) is 0 Å². The zero-order chi connectivity index (χ0) is 12.7. The predicted octanol–water partition coefficient (Wildman–Crippen LogP) is 1.75. The van der Waals surface area contributed by atoms with E-state index in [0.29, 0.717) is 0 Å². The van der Waals surface area contributed by atoms with Crippen molar-refractivity contribution in [2.75, 3.05) is 17.3 Å². The molecule has 0 spiro atoms. The number of carbonyl (C=O) groups is 1. The fourth-order valence-electron chi connectivity index (χ4n) is 2.35. The molecule has 1 amide bonds. The van der Waals surface area contributed by atoms with Crippen LogP contribution in [0.1, 0.15) is 26.8 Å². The summed E-state index contributed by atoms with van der Waals surface area (Å²) in [5.74, 6) is 1.80. The lowest BCUT2D eigenvalue weighted by atomic mass is 9.99. The summed E-state index contributed by atoms with van der Waals surface area (Å²) in [7, 11) is 1.91. The van der Waals surface area contributed by atoms with Crippen LogP contribution in [0.2, 0.25) is 0 Å². The Labute approximate surface area is 103 Å². The smallest absolute Gasteiger partial charge is 0.247 e. The highest BCUT2D eigenvalue weighted by atomic mass is 16.2. The Balaban J connectivity index is 0.00000162. The van der Waals surface area contributed by atoms with Crippen LogP contribution in [0.25, 0.3) is 0 Å². The molecule has 2 heterocycles. The van der Waals surface area contributed by atoms with Gasteiger partial charge in [0.2, 0.25) is 5.91 Å². The molecule has 0 aromatic carbocycles. The number of nitrogens with zero attached hydrogens (tertiary/aromatic N) is 3. The molecule has 0 unspecified atom stereocenters.